The highest BCUT2D eigenvalue weighted by molar-refractivity contribution is 9.10. The van der Waals surface area contributed by atoms with Crippen LogP contribution in [-0.4, -0.2) is 14.8 Å². The van der Waals surface area contributed by atoms with Crippen LogP contribution in [0.25, 0.3) is 11.0 Å². The first-order valence-electron chi connectivity index (χ1n) is 3.63. The molecule has 2 aromatic heterocycles. The van der Waals surface area contributed by atoms with Gasteiger partial charge in [-0.15, -0.1) is 0 Å². The summed E-state index contributed by atoms with van der Waals surface area (Å²) in [6.07, 6.45) is 1.95. The second-order valence-electron chi connectivity index (χ2n) is 2.77. The van der Waals surface area contributed by atoms with Crippen molar-refractivity contribution in [3.8, 4) is 0 Å². The SMILES string of the molecule is Cc1nc2nn(C)cc2cc1Br. The van der Waals surface area contributed by atoms with Gasteiger partial charge in [0.2, 0.25) is 0 Å². The molecule has 0 saturated carbocycles. The predicted molar refractivity (Wildman–Crippen MR) is 50.9 cm³/mol. The zero-order valence-electron chi connectivity index (χ0n) is 6.87. The van der Waals surface area contributed by atoms with Crippen LogP contribution in [0.3, 0.4) is 0 Å². The van der Waals surface area contributed by atoms with Gasteiger partial charge in [-0.05, 0) is 28.9 Å². The van der Waals surface area contributed by atoms with E-state index in [9.17, 15) is 0 Å². The monoisotopic (exact) mass is 225 g/mol. The minimum atomic E-state index is 0.804. The summed E-state index contributed by atoms with van der Waals surface area (Å²) in [4.78, 5) is 4.32. The Labute approximate surface area is 78.5 Å². The molecule has 3 nitrogen and oxygen atoms in total. The van der Waals surface area contributed by atoms with Crippen molar-refractivity contribution in [2.45, 2.75) is 6.92 Å². The molecule has 2 aromatic rings. The van der Waals surface area contributed by atoms with Crippen LogP contribution in [0.2, 0.25) is 0 Å². The molecule has 0 bridgehead atoms. The highest BCUT2D eigenvalue weighted by Gasteiger charge is 2.02. The molecule has 0 aliphatic rings. The van der Waals surface area contributed by atoms with E-state index in [0.29, 0.717) is 0 Å². The summed E-state index contributed by atoms with van der Waals surface area (Å²) in [6.45, 7) is 1.96. The lowest BCUT2D eigenvalue weighted by Gasteiger charge is -1.94. The first-order chi connectivity index (χ1) is 5.66. The number of pyridine rings is 1. The Kier molecular flexibility index (Phi) is 1.65. The number of nitrogens with zero attached hydrogens (tertiary/aromatic N) is 3. The summed E-state index contributed by atoms with van der Waals surface area (Å²) >= 11 is 3.43. The van der Waals surface area contributed by atoms with E-state index in [-0.39, 0.29) is 0 Å². The average molecular weight is 226 g/mol. The van der Waals surface area contributed by atoms with Crippen LogP contribution in [0.15, 0.2) is 16.7 Å². The van der Waals surface area contributed by atoms with E-state index in [1.807, 2.05) is 26.2 Å². The van der Waals surface area contributed by atoms with Gasteiger partial charge in [-0.3, -0.25) is 4.68 Å². The maximum Gasteiger partial charge on any atom is 0.181 e. The maximum absolute atomic E-state index is 4.32. The standard InChI is InChI=1S/C8H8BrN3/c1-5-7(9)3-6-4-12(2)11-8(6)10-5/h3-4H,1-2H3. The molecule has 0 atom stereocenters. The van der Waals surface area contributed by atoms with Crippen molar-refractivity contribution in [3.05, 3.63) is 22.4 Å². The summed E-state index contributed by atoms with van der Waals surface area (Å²) < 4.78 is 2.80. The third-order valence-electron chi connectivity index (χ3n) is 1.74. The molecule has 62 valence electrons. The summed E-state index contributed by atoms with van der Waals surface area (Å²) in [7, 11) is 1.89. The first-order valence-corrected chi connectivity index (χ1v) is 4.42. The molecule has 0 unspecified atom stereocenters. The predicted octanol–water partition coefficient (Wildman–Crippen LogP) is 2.04. The van der Waals surface area contributed by atoms with E-state index in [1.165, 1.54) is 0 Å². The molecule has 0 aliphatic heterocycles. The van der Waals surface area contributed by atoms with Crippen LogP contribution in [0.1, 0.15) is 5.69 Å². The van der Waals surface area contributed by atoms with Crippen LogP contribution in [-0.2, 0) is 7.05 Å². The van der Waals surface area contributed by atoms with Gasteiger partial charge in [-0.1, -0.05) is 0 Å². The van der Waals surface area contributed by atoms with E-state index in [1.54, 1.807) is 4.68 Å². The van der Waals surface area contributed by atoms with Crippen molar-refractivity contribution < 1.29 is 0 Å². The van der Waals surface area contributed by atoms with Gasteiger partial charge in [0.25, 0.3) is 0 Å². The van der Waals surface area contributed by atoms with E-state index in [2.05, 4.69) is 26.0 Å². The first kappa shape index (κ1) is 7.73. The Bertz CT molecular complexity index is 394. The Morgan fingerprint density at radius 2 is 2.25 bits per heavy atom. The molecule has 0 spiro atoms. The van der Waals surface area contributed by atoms with Crippen LogP contribution < -0.4 is 0 Å². The number of fused-ring (bicyclic) bond motifs is 1. The molecule has 0 N–H and O–H groups in total. The molecular weight excluding hydrogens is 218 g/mol. The minimum Gasteiger partial charge on any atom is -0.273 e. The van der Waals surface area contributed by atoms with E-state index in [0.717, 1.165) is 21.2 Å². The van der Waals surface area contributed by atoms with Crippen molar-refractivity contribution in [1.82, 2.24) is 14.8 Å². The summed E-state index contributed by atoms with van der Waals surface area (Å²) in [5.41, 5.74) is 1.78. The van der Waals surface area contributed by atoms with Crippen molar-refractivity contribution in [2.75, 3.05) is 0 Å². The summed E-state index contributed by atoms with van der Waals surface area (Å²) in [6, 6.07) is 2.03. The molecule has 0 fully saturated rings. The van der Waals surface area contributed by atoms with E-state index < -0.39 is 0 Å². The van der Waals surface area contributed by atoms with Crippen molar-refractivity contribution in [3.63, 3.8) is 0 Å². The molecule has 2 rings (SSSR count). The van der Waals surface area contributed by atoms with Gasteiger partial charge in [-0.2, -0.15) is 5.10 Å². The van der Waals surface area contributed by atoms with Crippen LogP contribution in [0, 0.1) is 6.92 Å². The highest BCUT2D eigenvalue weighted by atomic mass is 79.9. The van der Waals surface area contributed by atoms with Crippen LogP contribution in [0.5, 0.6) is 0 Å². The molecule has 0 aromatic carbocycles. The van der Waals surface area contributed by atoms with Crippen molar-refractivity contribution in [2.24, 2.45) is 7.05 Å². The van der Waals surface area contributed by atoms with E-state index in [4.69, 9.17) is 0 Å². The smallest absolute Gasteiger partial charge is 0.181 e. The Morgan fingerprint density at radius 1 is 1.50 bits per heavy atom. The third kappa shape index (κ3) is 1.12. The molecular formula is C8H8BrN3. The van der Waals surface area contributed by atoms with E-state index >= 15 is 0 Å². The minimum absolute atomic E-state index is 0.804. The molecule has 0 saturated heterocycles. The van der Waals surface area contributed by atoms with Gasteiger partial charge in [0.05, 0.1) is 5.69 Å². The second kappa shape index (κ2) is 2.55. The maximum atomic E-state index is 4.32. The molecule has 4 heteroatoms. The molecule has 0 aliphatic carbocycles. The highest BCUT2D eigenvalue weighted by Crippen LogP contribution is 2.19. The number of aryl methyl sites for hydroxylation is 2. The van der Waals surface area contributed by atoms with Crippen LogP contribution in [0.4, 0.5) is 0 Å². The lowest BCUT2D eigenvalue weighted by atomic mass is 10.3. The lowest BCUT2D eigenvalue weighted by molar-refractivity contribution is 0.775. The normalized spacial score (nSPS) is 10.9. The summed E-state index contributed by atoms with van der Waals surface area (Å²) in [5, 5.41) is 5.26. The summed E-state index contributed by atoms with van der Waals surface area (Å²) in [5.74, 6) is 0. The zero-order valence-corrected chi connectivity index (χ0v) is 8.46. The van der Waals surface area contributed by atoms with Crippen molar-refractivity contribution in [1.29, 1.82) is 0 Å². The third-order valence-corrected chi connectivity index (χ3v) is 2.54. The van der Waals surface area contributed by atoms with Gasteiger partial charge < -0.3 is 0 Å². The number of rotatable bonds is 0. The van der Waals surface area contributed by atoms with Gasteiger partial charge in [0, 0.05) is 23.1 Å². The van der Waals surface area contributed by atoms with Gasteiger partial charge in [-0.25, -0.2) is 4.98 Å². The average Bonchev–Trinajstić information content (AvgIpc) is 2.30. The zero-order chi connectivity index (χ0) is 8.72. The Balaban J connectivity index is 2.83. The second-order valence-corrected chi connectivity index (χ2v) is 3.63. The van der Waals surface area contributed by atoms with Gasteiger partial charge in [0.1, 0.15) is 0 Å². The van der Waals surface area contributed by atoms with Gasteiger partial charge >= 0.3 is 0 Å². The Hall–Kier alpha value is -0.900. The fraction of sp³-hybridized carbons (Fsp3) is 0.250. The molecule has 2 heterocycles. The van der Waals surface area contributed by atoms with Crippen LogP contribution >= 0.6 is 15.9 Å². The number of aromatic nitrogens is 3. The molecule has 12 heavy (non-hydrogen) atoms. The number of halogens is 1. The van der Waals surface area contributed by atoms with Gasteiger partial charge in [0.15, 0.2) is 5.65 Å². The lowest BCUT2D eigenvalue weighted by Crippen LogP contribution is -1.87. The van der Waals surface area contributed by atoms with Crippen molar-refractivity contribution >= 4 is 27.0 Å². The molecule has 0 radical (unpaired) electrons. The fourth-order valence-corrected chi connectivity index (χ4v) is 1.47. The Morgan fingerprint density at radius 3 is 3.00 bits per heavy atom. The quantitative estimate of drug-likeness (QED) is 0.688. The number of hydrogen-bond acceptors (Lipinski definition) is 2. The topological polar surface area (TPSA) is 30.7 Å². The molecule has 0 amide bonds. The largest absolute Gasteiger partial charge is 0.273 e. The number of hydrogen-bond donors (Lipinski definition) is 0. The fourth-order valence-electron chi connectivity index (χ4n) is 1.14.